The molecule has 19 heavy (non-hydrogen) atoms. The first-order valence-corrected chi connectivity index (χ1v) is 8.07. The fourth-order valence-electron chi connectivity index (χ4n) is 4.17. The number of nitrogens with one attached hydrogen (secondary N) is 1. The fraction of sp³-hybridized carbons (Fsp3) is 1.00. The summed E-state index contributed by atoms with van der Waals surface area (Å²) in [5.74, 6) is 0.723. The molecule has 1 saturated heterocycles. The van der Waals surface area contributed by atoms with Gasteiger partial charge < -0.3 is 5.32 Å². The van der Waals surface area contributed by atoms with E-state index in [1.165, 1.54) is 13.0 Å². The molecule has 2 fully saturated rings. The second-order valence-corrected chi connectivity index (χ2v) is 8.62. The molecule has 0 aromatic carbocycles. The fourth-order valence-corrected chi connectivity index (χ4v) is 4.17. The average molecular weight is 266 g/mol. The van der Waals surface area contributed by atoms with Gasteiger partial charge in [-0.25, -0.2) is 0 Å². The summed E-state index contributed by atoms with van der Waals surface area (Å²) in [5, 5.41) is 3.80. The minimum Gasteiger partial charge on any atom is -0.309 e. The smallest absolute Gasteiger partial charge is 0.0278 e. The molecule has 0 aromatic heterocycles. The molecule has 1 heterocycles. The van der Waals surface area contributed by atoms with Gasteiger partial charge in [-0.3, -0.25) is 4.90 Å². The van der Waals surface area contributed by atoms with Gasteiger partial charge >= 0.3 is 0 Å². The van der Waals surface area contributed by atoms with Crippen molar-refractivity contribution in [1.29, 1.82) is 0 Å². The SMILES string of the molecule is CCC1(C)CN(C2C(C)(C)C2(C)C)C(C(C)C)CN1. The van der Waals surface area contributed by atoms with Gasteiger partial charge in [0.25, 0.3) is 0 Å². The standard InChI is InChI=1S/C17H34N2/c1-9-17(8)11-19(13(10-18-17)12(2)3)14-15(4,5)16(14,6)7/h12-14,18H,9-11H2,1-8H3. The lowest BCUT2D eigenvalue weighted by Gasteiger charge is -2.48. The van der Waals surface area contributed by atoms with Crippen LogP contribution < -0.4 is 5.32 Å². The summed E-state index contributed by atoms with van der Waals surface area (Å²) in [6.45, 7) is 21.6. The van der Waals surface area contributed by atoms with Gasteiger partial charge in [0.1, 0.15) is 0 Å². The van der Waals surface area contributed by atoms with Gasteiger partial charge in [-0.2, -0.15) is 0 Å². The lowest BCUT2D eigenvalue weighted by Crippen LogP contribution is -2.65. The predicted octanol–water partition coefficient (Wildman–Crippen LogP) is 3.52. The van der Waals surface area contributed by atoms with Gasteiger partial charge in [0.05, 0.1) is 0 Å². The molecule has 2 aliphatic rings. The molecule has 2 nitrogen and oxygen atoms in total. The summed E-state index contributed by atoms with van der Waals surface area (Å²) < 4.78 is 0. The zero-order valence-electron chi connectivity index (χ0n) is 14.3. The Morgan fingerprint density at radius 3 is 2.00 bits per heavy atom. The maximum atomic E-state index is 3.80. The van der Waals surface area contributed by atoms with E-state index < -0.39 is 0 Å². The molecule has 1 N–H and O–H groups in total. The van der Waals surface area contributed by atoms with Crippen molar-refractivity contribution in [2.75, 3.05) is 13.1 Å². The van der Waals surface area contributed by atoms with E-state index in [0.29, 0.717) is 22.4 Å². The third kappa shape index (κ3) is 2.25. The van der Waals surface area contributed by atoms with Crippen molar-refractivity contribution in [1.82, 2.24) is 10.2 Å². The molecule has 0 bridgehead atoms. The molecule has 1 aliphatic carbocycles. The molecular weight excluding hydrogens is 232 g/mol. The second kappa shape index (κ2) is 4.46. The van der Waals surface area contributed by atoms with E-state index in [2.05, 4.69) is 65.6 Å². The molecule has 112 valence electrons. The highest BCUT2D eigenvalue weighted by Gasteiger charge is 2.68. The van der Waals surface area contributed by atoms with Crippen molar-refractivity contribution in [2.45, 2.75) is 79.4 Å². The molecule has 2 unspecified atom stereocenters. The minimum atomic E-state index is 0.292. The molecule has 0 amide bonds. The number of nitrogens with zero attached hydrogens (tertiary/aromatic N) is 1. The Kier molecular flexibility index (Phi) is 3.59. The summed E-state index contributed by atoms with van der Waals surface area (Å²) in [6.07, 6.45) is 1.21. The molecule has 2 atom stereocenters. The number of piperazine rings is 1. The summed E-state index contributed by atoms with van der Waals surface area (Å²) in [4.78, 5) is 2.84. The van der Waals surface area contributed by atoms with Crippen molar-refractivity contribution in [3.63, 3.8) is 0 Å². The lowest BCUT2D eigenvalue weighted by atomic mass is 9.89. The Morgan fingerprint density at radius 1 is 1.11 bits per heavy atom. The molecule has 2 heteroatoms. The zero-order chi connectivity index (χ0) is 14.6. The van der Waals surface area contributed by atoms with Crippen molar-refractivity contribution in [2.24, 2.45) is 16.7 Å². The highest BCUT2D eigenvalue weighted by Crippen LogP contribution is 2.66. The van der Waals surface area contributed by atoms with Crippen molar-refractivity contribution >= 4 is 0 Å². The first-order valence-electron chi connectivity index (χ1n) is 8.07. The van der Waals surface area contributed by atoms with Crippen LogP contribution in [-0.4, -0.2) is 35.6 Å². The van der Waals surface area contributed by atoms with E-state index in [-0.39, 0.29) is 0 Å². The maximum Gasteiger partial charge on any atom is 0.0278 e. The third-order valence-corrected chi connectivity index (χ3v) is 6.52. The van der Waals surface area contributed by atoms with Crippen molar-refractivity contribution < 1.29 is 0 Å². The van der Waals surface area contributed by atoms with Crippen LogP contribution in [0.3, 0.4) is 0 Å². The molecule has 0 radical (unpaired) electrons. The Labute approximate surface area is 120 Å². The first kappa shape index (κ1) is 15.3. The molecule has 2 rings (SSSR count). The summed E-state index contributed by atoms with van der Waals surface area (Å²) in [5.41, 5.74) is 1.19. The molecule has 0 aromatic rings. The Balaban J connectivity index is 2.23. The van der Waals surface area contributed by atoms with Gasteiger partial charge in [0.2, 0.25) is 0 Å². The summed E-state index contributed by atoms with van der Waals surface area (Å²) in [7, 11) is 0. The zero-order valence-corrected chi connectivity index (χ0v) is 14.3. The van der Waals surface area contributed by atoms with Crippen LogP contribution in [0.2, 0.25) is 0 Å². The monoisotopic (exact) mass is 266 g/mol. The number of hydrogen-bond donors (Lipinski definition) is 1. The summed E-state index contributed by atoms with van der Waals surface area (Å²) in [6, 6.07) is 1.42. The van der Waals surface area contributed by atoms with E-state index in [0.717, 1.165) is 18.5 Å². The van der Waals surface area contributed by atoms with Gasteiger partial charge in [-0.1, -0.05) is 48.5 Å². The number of hydrogen-bond acceptors (Lipinski definition) is 2. The Morgan fingerprint density at radius 2 is 1.63 bits per heavy atom. The van der Waals surface area contributed by atoms with Crippen LogP contribution in [0.4, 0.5) is 0 Å². The van der Waals surface area contributed by atoms with E-state index in [1.54, 1.807) is 0 Å². The van der Waals surface area contributed by atoms with Crippen LogP contribution in [0, 0.1) is 16.7 Å². The second-order valence-electron chi connectivity index (χ2n) is 8.62. The normalized spacial score (nSPS) is 38.7. The van der Waals surface area contributed by atoms with Crippen LogP contribution in [0.1, 0.15) is 61.8 Å². The van der Waals surface area contributed by atoms with E-state index in [1.807, 2.05) is 0 Å². The van der Waals surface area contributed by atoms with Gasteiger partial charge in [-0.15, -0.1) is 0 Å². The highest BCUT2D eigenvalue weighted by molar-refractivity contribution is 5.20. The minimum absolute atomic E-state index is 0.292. The lowest BCUT2D eigenvalue weighted by molar-refractivity contribution is 0.0390. The third-order valence-electron chi connectivity index (χ3n) is 6.52. The maximum absolute atomic E-state index is 3.80. The van der Waals surface area contributed by atoms with Crippen LogP contribution in [0.15, 0.2) is 0 Å². The van der Waals surface area contributed by atoms with Crippen LogP contribution in [0.5, 0.6) is 0 Å². The molecular formula is C17H34N2. The highest BCUT2D eigenvalue weighted by atomic mass is 15.3. The Bertz CT molecular complexity index is 331. The van der Waals surface area contributed by atoms with Gasteiger partial charge in [-0.05, 0) is 30.1 Å². The molecule has 0 spiro atoms. The Hall–Kier alpha value is -0.0800. The van der Waals surface area contributed by atoms with E-state index in [4.69, 9.17) is 0 Å². The molecule has 1 aliphatic heterocycles. The summed E-state index contributed by atoms with van der Waals surface area (Å²) >= 11 is 0. The van der Waals surface area contributed by atoms with Crippen LogP contribution >= 0.6 is 0 Å². The van der Waals surface area contributed by atoms with Crippen LogP contribution in [0.25, 0.3) is 0 Å². The first-order chi connectivity index (χ1) is 8.57. The van der Waals surface area contributed by atoms with Gasteiger partial charge in [0, 0.05) is 30.7 Å². The number of rotatable bonds is 3. The van der Waals surface area contributed by atoms with Crippen molar-refractivity contribution in [3.8, 4) is 0 Å². The quantitative estimate of drug-likeness (QED) is 0.841. The van der Waals surface area contributed by atoms with E-state index >= 15 is 0 Å². The predicted molar refractivity (Wildman–Crippen MR) is 83.4 cm³/mol. The van der Waals surface area contributed by atoms with Gasteiger partial charge in [0.15, 0.2) is 0 Å². The molecule has 1 saturated carbocycles. The topological polar surface area (TPSA) is 15.3 Å². The van der Waals surface area contributed by atoms with Crippen molar-refractivity contribution in [3.05, 3.63) is 0 Å². The van der Waals surface area contributed by atoms with Crippen LogP contribution in [-0.2, 0) is 0 Å². The average Bonchev–Trinajstić information content (AvgIpc) is 2.68. The largest absolute Gasteiger partial charge is 0.309 e. The van der Waals surface area contributed by atoms with E-state index in [9.17, 15) is 0 Å².